The molecule has 0 unspecified atom stereocenters. The van der Waals surface area contributed by atoms with Gasteiger partial charge >= 0.3 is 11.7 Å². The van der Waals surface area contributed by atoms with Crippen molar-refractivity contribution in [3.8, 4) is 11.5 Å². The quantitative estimate of drug-likeness (QED) is 0.497. The van der Waals surface area contributed by atoms with Gasteiger partial charge in [0.05, 0.1) is 42.5 Å². The summed E-state index contributed by atoms with van der Waals surface area (Å²) in [4.78, 5) is 24.6. The molecule has 178 valence electrons. The summed E-state index contributed by atoms with van der Waals surface area (Å²) in [5.41, 5.74) is -1.37. The molecule has 3 aromatic rings. The highest BCUT2D eigenvalue weighted by Gasteiger charge is 2.33. The Bertz CT molecular complexity index is 1370. The summed E-state index contributed by atoms with van der Waals surface area (Å²) in [6, 6.07) is 8.04. The lowest BCUT2D eigenvalue weighted by molar-refractivity contribution is 0.0696. The van der Waals surface area contributed by atoms with Gasteiger partial charge in [-0.05, 0) is 51.1 Å². The zero-order valence-electron chi connectivity index (χ0n) is 19.0. The monoisotopic (exact) mass is 478 g/mol. The maximum atomic E-state index is 13.7. The molecule has 0 radical (unpaired) electrons. The van der Waals surface area contributed by atoms with Crippen molar-refractivity contribution in [1.29, 1.82) is 0 Å². The minimum Gasteiger partial charge on any atom is -0.495 e. The zero-order valence-corrected chi connectivity index (χ0v) is 19.8. The van der Waals surface area contributed by atoms with E-state index in [1.807, 2.05) is 6.92 Å². The number of aromatic nitrogens is 2. The topological polar surface area (TPSA) is 126 Å². The minimum atomic E-state index is -4.48. The molecule has 10 nitrogen and oxygen atoms in total. The number of aromatic carboxylic acids is 1. The average molecular weight is 479 g/mol. The van der Waals surface area contributed by atoms with Gasteiger partial charge in [-0.15, -0.1) is 0 Å². The first-order valence-corrected chi connectivity index (χ1v) is 11.5. The molecule has 0 amide bonds. The Morgan fingerprint density at radius 3 is 2.36 bits per heavy atom. The third kappa shape index (κ3) is 4.21. The molecular formula is C22H26N2O8S. The third-order valence-electron chi connectivity index (χ3n) is 5.11. The molecule has 0 aliphatic carbocycles. The van der Waals surface area contributed by atoms with Gasteiger partial charge in [0, 0.05) is 13.2 Å². The van der Waals surface area contributed by atoms with Gasteiger partial charge in [0.1, 0.15) is 16.4 Å². The Kier molecular flexibility index (Phi) is 6.57. The second kappa shape index (κ2) is 8.91. The minimum absolute atomic E-state index is 0.136. The van der Waals surface area contributed by atoms with Crippen molar-refractivity contribution in [1.82, 2.24) is 8.54 Å². The lowest BCUT2D eigenvalue weighted by Gasteiger charge is -2.25. The van der Waals surface area contributed by atoms with Crippen molar-refractivity contribution < 1.29 is 32.5 Å². The van der Waals surface area contributed by atoms with Gasteiger partial charge in [-0.3, -0.25) is 4.57 Å². The standard InChI is InChI=1S/C22H26N2O8S/c1-6-32-15-8-9-16-17(12-15)23(22(2,3)13-30-4)21(27)24(16)33(28,29)19-10-7-14(20(25)26)11-18(19)31-5/h7-12H,6,13H2,1-5H3,(H,25,26). The van der Waals surface area contributed by atoms with Crippen LogP contribution in [-0.4, -0.2) is 55.5 Å². The molecule has 0 saturated heterocycles. The van der Waals surface area contributed by atoms with Gasteiger partial charge in [-0.25, -0.2) is 18.0 Å². The van der Waals surface area contributed by atoms with E-state index >= 15 is 0 Å². The van der Waals surface area contributed by atoms with Crippen LogP contribution in [-0.2, 0) is 20.3 Å². The Morgan fingerprint density at radius 2 is 1.79 bits per heavy atom. The van der Waals surface area contributed by atoms with Gasteiger partial charge in [0.25, 0.3) is 10.0 Å². The first-order chi connectivity index (χ1) is 15.5. The van der Waals surface area contributed by atoms with Crippen molar-refractivity contribution in [2.45, 2.75) is 31.2 Å². The van der Waals surface area contributed by atoms with Crippen LogP contribution in [0, 0.1) is 0 Å². The van der Waals surface area contributed by atoms with E-state index in [-0.39, 0.29) is 28.3 Å². The first-order valence-electron chi connectivity index (χ1n) is 10.1. The molecule has 2 aromatic carbocycles. The molecule has 1 N–H and O–H groups in total. The summed E-state index contributed by atoms with van der Waals surface area (Å²) in [7, 11) is -1.76. The second-order valence-electron chi connectivity index (χ2n) is 7.89. The number of rotatable bonds is 9. The molecule has 0 aliphatic heterocycles. The predicted octanol–water partition coefficient (Wildman–Crippen LogP) is 2.53. The van der Waals surface area contributed by atoms with Crippen LogP contribution in [0.25, 0.3) is 11.0 Å². The summed E-state index contributed by atoms with van der Waals surface area (Å²) in [5, 5.41) is 9.23. The molecule has 11 heteroatoms. The Balaban J connectivity index is 2.39. The van der Waals surface area contributed by atoms with E-state index in [0.29, 0.717) is 21.8 Å². The zero-order chi connectivity index (χ0) is 24.6. The largest absolute Gasteiger partial charge is 0.495 e. The van der Waals surface area contributed by atoms with Crippen molar-refractivity contribution >= 4 is 27.0 Å². The molecular weight excluding hydrogens is 452 g/mol. The number of imidazole rings is 1. The molecule has 0 saturated carbocycles. The van der Waals surface area contributed by atoms with Crippen LogP contribution < -0.4 is 15.2 Å². The molecule has 1 heterocycles. The van der Waals surface area contributed by atoms with Gasteiger partial charge < -0.3 is 19.3 Å². The van der Waals surface area contributed by atoms with Crippen LogP contribution in [0.4, 0.5) is 0 Å². The lowest BCUT2D eigenvalue weighted by Crippen LogP contribution is -2.41. The number of carboxylic acids is 1. The fraction of sp³-hybridized carbons (Fsp3) is 0.364. The van der Waals surface area contributed by atoms with Gasteiger partial charge in [0.15, 0.2) is 0 Å². The number of benzene rings is 2. The van der Waals surface area contributed by atoms with Crippen LogP contribution in [0.15, 0.2) is 46.1 Å². The second-order valence-corrected chi connectivity index (χ2v) is 9.64. The smallest absolute Gasteiger partial charge is 0.343 e. The van der Waals surface area contributed by atoms with E-state index in [1.165, 1.54) is 24.9 Å². The van der Waals surface area contributed by atoms with E-state index in [4.69, 9.17) is 14.2 Å². The number of hydrogen-bond acceptors (Lipinski definition) is 7. The van der Waals surface area contributed by atoms with Crippen LogP contribution >= 0.6 is 0 Å². The van der Waals surface area contributed by atoms with E-state index in [2.05, 4.69) is 0 Å². The Morgan fingerprint density at radius 1 is 1.09 bits per heavy atom. The number of ether oxygens (including phenoxy) is 3. The molecule has 1 aromatic heterocycles. The average Bonchev–Trinajstić information content (AvgIpc) is 3.05. The number of hydrogen-bond donors (Lipinski definition) is 1. The molecule has 0 atom stereocenters. The van der Waals surface area contributed by atoms with E-state index < -0.39 is 27.2 Å². The molecule has 0 spiro atoms. The third-order valence-corrected chi connectivity index (χ3v) is 6.84. The van der Waals surface area contributed by atoms with E-state index in [1.54, 1.807) is 26.0 Å². The number of carbonyl (C=O) groups is 1. The maximum absolute atomic E-state index is 13.7. The summed E-state index contributed by atoms with van der Waals surface area (Å²) in [6.07, 6.45) is 0. The van der Waals surface area contributed by atoms with Crippen molar-refractivity contribution in [3.63, 3.8) is 0 Å². The normalized spacial score (nSPS) is 12.2. The van der Waals surface area contributed by atoms with Crippen LogP contribution in [0.3, 0.4) is 0 Å². The van der Waals surface area contributed by atoms with Crippen molar-refractivity contribution in [2.24, 2.45) is 0 Å². The lowest BCUT2D eigenvalue weighted by atomic mass is 10.1. The fourth-order valence-corrected chi connectivity index (χ4v) is 5.29. The summed E-state index contributed by atoms with van der Waals surface area (Å²) < 4.78 is 45.4. The summed E-state index contributed by atoms with van der Waals surface area (Å²) in [5.74, 6) is -0.953. The highest BCUT2D eigenvalue weighted by atomic mass is 32.2. The van der Waals surface area contributed by atoms with Gasteiger partial charge in [-0.2, -0.15) is 3.97 Å². The predicted molar refractivity (Wildman–Crippen MR) is 121 cm³/mol. The van der Waals surface area contributed by atoms with E-state index in [0.717, 1.165) is 18.2 Å². The molecule has 3 rings (SSSR count). The number of nitrogens with zero attached hydrogens (tertiary/aromatic N) is 2. The first kappa shape index (κ1) is 24.3. The van der Waals surface area contributed by atoms with Crippen molar-refractivity contribution in [2.75, 3.05) is 27.4 Å². The van der Waals surface area contributed by atoms with Crippen molar-refractivity contribution in [3.05, 3.63) is 52.4 Å². The Labute approximate surface area is 191 Å². The highest BCUT2D eigenvalue weighted by Crippen LogP contribution is 2.31. The van der Waals surface area contributed by atoms with Gasteiger partial charge in [-0.1, -0.05) is 0 Å². The summed E-state index contributed by atoms with van der Waals surface area (Å²) >= 11 is 0. The van der Waals surface area contributed by atoms with Crippen LogP contribution in [0.2, 0.25) is 0 Å². The van der Waals surface area contributed by atoms with Crippen LogP contribution in [0.5, 0.6) is 11.5 Å². The van der Waals surface area contributed by atoms with Crippen LogP contribution in [0.1, 0.15) is 31.1 Å². The Hall–Kier alpha value is -3.31. The SMILES string of the molecule is CCOc1ccc2c(c1)n(C(C)(C)COC)c(=O)n2S(=O)(=O)c1ccc(C(=O)O)cc1OC. The molecule has 0 bridgehead atoms. The molecule has 0 fully saturated rings. The fourth-order valence-electron chi connectivity index (χ4n) is 3.75. The number of carboxylic acid groups (broad SMARTS) is 1. The number of fused-ring (bicyclic) bond motifs is 1. The number of methoxy groups -OCH3 is 2. The van der Waals surface area contributed by atoms with E-state index in [9.17, 15) is 23.1 Å². The maximum Gasteiger partial charge on any atom is 0.343 e. The summed E-state index contributed by atoms with van der Waals surface area (Å²) in [6.45, 7) is 5.85. The molecule has 0 aliphatic rings. The van der Waals surface area contributed by atoms with Gasteiger partial charge in [0.2, 0.25) is 0 Å². The highest BCUT2D eigenvalue weighted by molar-refractivity contribution is 7.90. The molecule has 33 heavy (non-hydrogen) atoms.